The van der Waals surface area contributed by atoms with E-state index in [1.165, 1.54) is 11.3 Å². The number of para-hydroxylation sites is 1. The maximum Gasteiger partial charge on any atom is 0.174 e. The predicted molar refractivity (Wildman–Crippen MR) is 99.9 cm³/mol. The molecule has 0 aliphatic carbocycles. The first-order valence-corrected chi connectivity index (χ1v) is 8.41. The Labute approximate surface area is 146 Å². The Morgan fingerprint density at radius 1 is 1.00 bits per heavy atom. The number of fused-ring (bicyclic) bond motifs is 1. The zero-order valence-electron chi connectivity index (χ0n) is 13.2. The lowest BCUT2D eigenvalue weighted by atomic mass is 10.0. The van der Waals surface area contributed by atoms with Crippen molar-refractivity contribution in [3.8, 4) is 0 Å². The molecule has 0 radical (unpaired) electrons. The van der Waals surface area contributed by atoms with E-state index >= 15 is 0 Å². The molecular weight excluding hydrogens is 316 g/mol. The van der Waals surface area contributed by atoms with E-state index < -0.39 is 0 Å². The number of nitrogens with zero attached hydrogens (tertiary/aromatic N) is 3. The van der Waals surface area contributed by atoms with Gasteiger partial charge in [-0.1, -0.05) is 18.2 Å². The Bertz CT molecular complexity index is 829. The molecule has 1 aliphatic rings. The van der Waals surface area contributed by atoms with E-state index in [1.54, 1.807) is 0 Å². The van der Waals surface area contributed by atoms with E-state index in [-0.39, 0.29) is 6.04 Å². The fourth-order valence-corrected chi connectivity index (χ4v) is 3.53. The topological polar surface area (TPSA) is 33.1 Å². The quantitative estimate of drug-likeness (QED) is 0.725. The number of anilines is 1. The summed E-state index contributed by atoms with van der Waals surface area (Å²) in [6.07, 6.45) is 5.81. The van der Waals surface area contributed by atoms with Crippen molar-refractivity contribution in [3.63, 3.8) is 0 Å². The predicted octanol–water partition coefficient (Wildman–Crippen LogP) is 3.69. The molecule has 3 heterocycles. The van der Waals surface area contributed by atoms with Crippen LogP contribution < -0.4 is 5.32 Å². The van der Waals surface area contributed by atoms with Gasteiger partial charge in [-0.25, -0.2) is 0 Å². The number of thiocarbonyl (C=S) groups is 1. The lowest BCUT2D eigenvalue weighted by molar-refractivity contribution is 0.293. The molecule has 0 saturated carbocycles. The second kappa shape index (κ2) is 6.45. The fraction of sp³-hybridized carbons (Fsp3) is 0.158. The van der Waals surface area contributed by atoms with Gasteiger partial charge in [0.25, 0.3) is 0 Å². The summed E-state index contributed by atoms with van der Waals surface area (Å²) < 4.78 is 2.30. The molecule has 4 rings (SSSR count). The normalized spacial score (nSPS) is 16.5. The first-order valence-electron chi connectivity index (χ1n) is 8.00. The van der Waals surface area contributed by atoms with E-state index in [9.17, 15) is 0 Å². The Balaban J connectivity index is 1.67. The molecule has 0 amide bonds. The number of hydrogen-bond donors (Lipinski definition) is 1. The van der Waals surface area contributed by atoms with Gasteiger partial charge >= 0.3 is 0 Å². The monoisotopic (exact) mass is 334 g/mol. The van der Waals surface area contributed by atoms with Crippen molar-refractivity contribution in [2.45, 2.75) is 12.6 Å². The Morgan fingerprint density at radius 2 is 1.79 bits per heavy atom. The van der Waals surface area contributed by atoms with Crippen molar-refractivity contribution < 1.29 is 0 Å². The molecule has 1 aliphatic heterocycles. The van der Waals surface area contributed by atoms with Gasteiger partial charge in [0.05, 0.1) is 6.04 Å². The molecule has 0 fully saturated rings. The number of pyridine rings is 1. The molecule has 4 nitrogen and oxygen atoms in total. The van der Waals surface area contributed by atoms with Crippen LogP contribution in [0.15, 0.2) is 73.2 Å². The van der Waals surface area contributed by atoms with Crippen LogP contribution in [0.1, 0.15) is 17.3 Å². The van der Waals surface area contributed by atoms with Gasteiger partial charge in [0.1, 0.15) is 0 Å². The third kappa shape index (κ3) is 2.78. The number of rotatable bonds is 2. The minimum Gasteiger partial charge on any atom is -0.348 e. The van der Waals surface area contributed by atoms with Crippen molar-refractivity contribution in [2.75, 3.05) is 11.9 Å². The largest absolute Gasteiger partial charge is 0.348 e. The second-order valence-electron chi connectivity index (χ2n) is 5.80. The Hall–Kier alpha value is -2.66. The standard InChI is InChI=1S/C19H18N4S/c24-19(21-16-5-2-1-3-6-16)23-14-13-22-12-4-7-17(22)18(23)15-8-10-20-11-9-15/h1-12,18H,13-14H2,(H,21,24)/t18-/m1/s1. The molecule has 1 atom stereocenters. The third-order valence-electron chi connectivity index (χ3n) is 4.35. The van der Waals surface area contributed by atoms with Gasteiger partial charge in [-0.2, -0.15) is 0 Å². The SMILES string of the molecule is S=C(Nc1ccccc1)N1CCn2cccc2[C@H]1c1ccncc1. The molecule has 120 valence electrons. The van der Waals surface area contributed by atoms with Crippen LogP contribution in [-0.4, -0.2) is 26.1 Å². The third-order valence-corrected chi connectivity index (χ3v) is 4.68. The molecule has 0 unspecified atom stereocenters. The summed E-state index contributed by atoms with van der Waals surface area (Å²) >= 11 is 5.73. The van der Waals surface area contributed by atoms with Crippen LogP contribution in [-0.2, 0) is 6.54 Å². The van der Waals surface area contributed by atoms with E-state index in [0.717, 1.165) is 23.9 Å². The number of benzene rings is 1. The zero-order chi connectivity index (χ0) is 16.4. The molecular formula is C19H18N4S. The highest BCUT2D eigenvalue weighted by atomic mass is 32.1. The van der Waals surface area contributed by atoms with Crippen molar-refractivity contribution in [1.29, 1.82) is 0 Å². The minimum absolute atomic E-state index is 0.0977. The summed E-state index contributed by atoms with van der Waals surface area (Å²) in [6.45, 7) is 1.80. The van der Waals surface area contributed by atoms with Gasteiger partial charge in [0, 0.05) is 43.1 Å². The molecule has 0 spiro atoms. The number of aromatic nitrogens is 2. The summed E-state index contributed by atoms with van der Waals surface area (Å²) in [7, 11) is 0. The van der Waals surface area contributed by atoms with E-state index in [0.29, 0.717) is 0 Å². The first-order chi connectivity index (χ1) is 11.8. The lowest BCUT2D eigenvalue weighted by Gasteiger charge is -2.39. The van der Waals surface area contributed by atoms with Crippen LogP contribution in [0, 0.1) is 0 Å². The summed E-state index contributed by atoms with van der Waals surface area (Å²) in [5.74, 6) is 0. The molecule has 0 saturated heterocycles. The van der Waals surface area contributed by atoms with Crippen LogP contribution in [0.3, 0.4) is 0 Å². The van der Waals surface area contributed by atoms with Crippen molar-refractivity contribution in [1.82, 2.24) is 14.5 Å². The summed E-state index contributed by atoms with van der Waals surface area (Å²) in [5, 5.41) is 4.11. The maximum absolute atomic E-state index is 5.73. The minimum atomic E-state index is 0.0977. The van der Waals surface area contributed by atoms with Crippen molar-refractivity contribution in [3.05, 3.63) is 84.4 Å². The summed E-state index contributed by atoms with van der Waals surface area (Å²) in [4.78, 5) is 6.40. The molecule has 24 heavy (non-hydrogen) atoms. The van der Waals surface area contributed by atoms with Crippen molar-refractivity contribution >= 4 is 23.0 Å². The summed E-state index contributed by atoms with van der Waals surface area (Å²) in [5.41, 5.74) is 3.46. The highest BCUT2D eigenvalue weighted by Crippen LogP contribution is 2.32. The molecule has 1 aromatic carbocycles. The molecule has 5 heteroatoms. The first kappa shape index (κ1) is 14.9. The summed E-state index contributed by atoms with van der Waals surface area (Å²) in [6, 6.07) is 18.6. The molecule has 2 aromatic heterocycles. The molecule has 1 N–H and O–H groups in total. The van der Waals surface area contributed by atoms with Gasteiger partial charge in [0.2, 0.25) is 0 Å². The van der Waals surface area contributed by atoms with E-state index in [1.807, 2.05) is 42.7 Å². The van der Waals surface area contributed by atoms with E-state index in [4.69, 9.17) is 12.2 Å². The Morgan fingerprint density at radius 3 is 2.58 bits per heavy atom. The van der Waals surface area contributed by atoms with Gasteiger partial charge in [-0.15, -0.1) is 0 Å². The van der Waals surface area contributed by atoms with Gasteiger partial charge in [-0.3, -0.25) is 4.98 Å². The number of hydrogen-bond acceptors (Lipinski definition) is 2. The van der Waals surface area contributed by atoms with Crippen molar-refractivity contribution in [2.24, 2.45) is 0 Å². The Kier molecular flexibility index (Phi) is 4.01. The second-order valence-corrected chi connectivity index (χ2v) is 6.19. The molecule has 0 bridgehead atoms. The number of nitrogens with one attached hydrogen (secondary N) is 1. The fourth-order valence-electron chi connectivity index (χ4n) is 3.22. The van der Waals surface area contributed by atoms with Crippen LogP contribution in [0.4, 0.5) is 5.69 Å². The molecule has 3 aromatic rings. The van der Waals surface area contributed by atoms with Crippen LogP contribution >= 0.6 is 12.2 Å². The highest BCUT2D eigenvalue weighted by Gasteiger charge is 2.30. The smallest absolute Gasteiger partial charge is 0.174 e. The van der Waals surface area contributed by atoms with Gasteiger partial charge < -0.3 is 14.8 Å². The van der Waals surface area contributed by atoms with Crippen LogP contribution in [0.2, 0.25) is 0 Å². The van der Waals surface area contributed by atoms with Crippen LogP contribution in [0.5, 0.6) is 0 Å². The average Bonchev–Trinajstić information content (AvgIpc) is 3.11. The zero-order valence-corrected chi connectivity index (χ0v) is 14.0. The average molecular weight is 334 g/mol. The van der Waals surface area contributed by atoms with Gasteiger partial charge in [-0.05, 0) is 54.2 Å². The highest BCUT2D eigenvalue weighted by molar-refractivity contribution is 7.80. The van der Waals surface area contributed by atoms with Gasteiger partial charge in [0.15, 0.2) is 5.11 Å². The maximum atomic E-state index is 5.73. The van der Waals surface area contributed by atoms with Crippen LogP contribution in [0.25, 0.3) is 0 Å². The van der Waals surface area contributed by atoms with E-state index in [2.05, 4.69) is 50.2 Å². The lowest BCUT2D eigenvalue weighted by Crippen LogP contribution is -2.44.